The van der Waals surface area contributed by atoms with Crippen LogP contribution in [0.4, 0.5) is 20.2 Å². The Kier molecular flexibility index (Phi) is 5.73. The van der Waals surface area contributed by atoms with Crippen LogP contribution in [0.15, 0.2) is 64.6 Å². The Morgan fingerprint density at radius 1 is 0.786 bits per heavy atom. The van der Waals surface area contributed by atoms with Crippen molar-refractivity contribution in [3.05, 3.63) is 88.7 Å². The molecule has 0 aliphatic heterocycles. The van der Waals surface area contributed by atoms with Crippen molar-refractivity contribution >= 4 is 22.8 Å². The number of aliphatic imine (C=N–C) groups is 2. The van der Waals surface area contributed by atoms with Crippen LogP contribution in [0.5, 0.6) is 0 Å². The SMILES string of the molecule is C/C(=N\c1cc(C)ccc1C)c1cccc(/C(C)=N/c2c(F)cccc2F)n1. The Morgan fingerprint density at radius 3 is 2.00 bits per heavy atom. The second-order valence-corrected chi connectivity index (χ2v) is 6.66. The number of halogens is 2. The van der Waals surface area contributed by atoms with Crippen molar-refractivity contribution in [1.82, 2.24) is 4.98 Å². The van der Waals surface area contributed by atoms with Crippen molar-refractivity contribution in [3.63, 3.8) is 0 Å². The summed E-state index contributed by atoms with van der Waals surface area (Å²) < 4.78 is 27.7. The zero-order valence-electron chi connectivity index (χ0n) is 16.3. The molecule has 0 unspecified atom stereocenters. The number of pyridine rings is 1. The third kappa shape index (κ3) is 4.36. The summed E-state index contributed by atoms with van der Waals surface area (Å²) in [6, 6.07) is 15.2. The minimum Gasteiger partial charge on any atom is -0.251 e. The standard InChI is InChI=1S/C23H21F2N3/c1-14-11-12-15(2)22(13-14)26-16(3)20-9-6-10-21(28-20)17(4)27-23-18(24)7-5-8-19(23)25/h5-13H,1-4H3/b26-16+,27-17+. The Morgan fingerprint density at radius 2 is 1.36 bits per heavy atom. The molecule has 0 aliphatic rings. The van der Waals surface area contributed by atoms with Crippen LogP contribution in [0.3, 0.4) is 0 Å². The van der Waals surface area contributed by atoms with E-state index in [2.05, 4.69) is 9.98 Å². The molecular weight excluding hydrogens is 356 g/mol. The predicted molar refractivity (Wildman–Crippen MR) is 110 cm³/mol. The Hall–Kier alpha value is -3.21. The Bertz CT molecular complexity index is 1060. The number of hydrogen-bond acceptors (Lipinski definition) is 3. The lowest BCUT2D eigenvalue weighted by Gasteiger charge is -2.07. The number of aryl methyl sites for hydroxylation is 2. The van der Waals surface area contributed by atoms with E-state index in [1.807, 2.05) is 51.1 Å². The molecule has 0 amide bonds. The fraction of sp³-hybridized carbons (Fsp3) is 0.174. The van der Waals surface area contributed by atoms with Gasteiger partial charge in [-0.1, -0.05) is 24.3 Å². The van der Waals surface area contributed by atoms with Gasteiger partial charge < -0.3 is 0 Å². The van der Waals surface area contributed by atoms with Crippen LogP contribution >= 0.6 is 0 Å². The van der Waals surface area contributed by atoms with E-state index in [0.717, 1.165) is 22.5 Å². The number of benzene rings is 2. The van der Waals surface area contributed by atoms with Crippen molar-refractivity contribution in [3.8, 4) is 0 Å². The van der Waals surface area contributed by atoms with E-state index in [1.165, 1.54) is 18.2 Å². The highest BCUT2D eigenvalue weighted by Gasteiger charge is 2.10. The van der Waals surface area contributed by atoms with E-state index < -0.39 is 11.6 Å². The summed E-state index contributed by atoms with van der Waals surface area (Å²) in [5.41, 5.74) is 5.18. The van der Waals surface area contributed by atoms with Gasteiger partial charge >= 0.3 is 0 Å². The van der Waals surface area contributed by atoms with E-state index in [-0.39, 0.29) is 5.69 Å². The van der Waals surface area contributed by atoms with Crippen LogP contribution in [0.2, 0.25) is 0 Å². The summed E-state index contributed by atoms with van der Waals surface area (Å²) in [4.78, 5) is 13.4. The Labute approximate surface area is 163 Å². The molecule has 0 saturated carbocycles. The molecule has 0 spiro atoms. The van der Waals surface area contributed by atoms with Crippen LogP contribution in [0, 0.1) is 25.5 Å². The molecule has 2 aromatic carbocycles. The molecule has 1 aromatic heterocycles. The minimum absolute atomic E-state index is 0.312. The molecule has 0 N–H and O–H groups in total. The van der Waals surface area contributed by atoms with E-state index in [4.69, 9.17) is 4.99 Å². The highest BCUT2D eigenvalue weighted by Crippen LogP contribution is 2.23. The van der Waals surface area contributed by atoms with Crippen molar-refractivity contribution in [1.29, 1.82) is 0 Å². The highest BCUT2D eigenvalue weighted by atomic mass is 19.1. The molecule has 5 heteroatoms. The van der Waals surface area contributed by atoms with Crippen LogP contribution in [-0.4, -0.2) is 16.4 Å². The van der Waals surface area contributed by atoms with Gasteiger partial charge in [0.15, 0.2) is 11.6 Å². The first-order valence-electron chi connectivity index (χ1n) is 8.95. The number of hydrogen-bond donors (Lipinski definition) is 0. The van der Waals surface area contributed by atoms with Crippen molar-refractivity contribution in [2.75, 3.05) is 0 Å². The first kappa shape index (κ1) is 19.5. The summed E-state index contributed by atoms with van der Waals surface area (Å²) in [7, 11) is 0. The summed E-state index contributed by atoms with van der Waals surface area (Å²) in [5, 5.41) is 0. The summed E-state index contributed by atoms with van der Waals surface area (Å²) in [6.07, 6.45) is 0. The highest BCUT2D eigenvalue weighted by molar-refractivity contribution is 6.02. The third-order valence-corrected chi connectivity index (χ3v) is 4.36. The maximum Gasteiger partial charge on any atom is 0.151 e. The van der Waals surface area contributed by atoms with Gasteiger partial charge in [-0.05, 0) is 69.2 Å². The number of para-hydroxylation sites is 1. The van der Waals surface area contributed by atoms with Crippen molar-refractivity contribution < 1.29 is 8.78 Å². The van der Waals surface area contributed by atoms with Gasteiger partial charge in [-0.25, -0.2) is 18.8 Å². The number of aromatic nitrogens is 1. The fourth-order valence-electron chi connectivity index (χ4n) is 2.74. The normalized spacial score (nSPS) is 12.4. The first-order valence-corrected chi connectivity index (χ1v) is 8.95. The first-order chi connectivity index (χ1) is 13.3. The third-order valence-electron chi connectivity index (χ3n) is 4.36. The van der Waals surface area contributed by atoms with E-state index in [9.17, 15) is 8.78 Å². The van der Waals surface area contributed by atoms with Gasteiger partial charge in [-0.3, -0.25) is 4.99 Å². The molecule has 0 bridgehead atoms. The lowest BCUT2D eigenvalue weighted by Crippen LogP contribution is -2.05. The maximum atomic E-state index is 13.9. The summed E-state index contributed by atoms with van der Waals surface area (Å²) >= 11 is 0. The van der Waals surface area contributed by atoms with Gasteiger partial charge in [0, 0.05) is 0 Å². The summed E-state index contributed by atoms with van der Waals surface area (Å²) in [5.74, 6) is -1.41. The molecule has 0 saturated heterocycles. The van der Waals surface area contributed by atoms with Gasteiger partial charge in [-0.15, -0.1) is 0 Å². The zero-order chi connectivity index (χ0) is 20.3. The largest absolute Gasteiger partial charge is 0.251 e. The average molecular weight is 377 g/mol. The number of nitrogens with zero attached hydrogens (tertiary/aromatic N) is 3. The number of rotatable bonds is 4. The van der Waals surface area contributed by atoms with Crippen LogP contribution < -0.4 is 0 Å². The second kappa shape index (κ2) is 8.21. The average Bonchev–Trinajstić information content (AvgIpc) is 2.67. The fourth-order valence-corrected chi connectivity index (χ4v) is 2.74. The minimum atomic E-state index is -0.705. The zero-order valence-corrected chi connectivity index (χ0v) is 16.3. The van der Waals surface area contributed by atoms with E-state index in [0.29, 0.717) is 17.1 Å². The quantitative estimate of drug-likeness (QED) is 0.495. The van der Waals surface area contributed by atoms with E-state index >= 15 is 0 Å². The lowest BCUT2D eigenvalue weighted by molar-refractivity contribution is 0.587. The van der Waals surface area contributed by atoms with Crippen LogP contribution in [-0.2, 0) is 0 Å². The van der Waals surface area contributed by atoms with Crippen LogP contribution in [0.1, 0.15) is 36.4 Å². The molecule has 3 nitrogen and oxygen atoms in total. The summed E-state index contributed by atoms with van der Waals surface area (Å²) in [6.45, 7) is 7.59. The molecule has 0 radical (unpaired) electrons. The van der Waals surface area contributed by atoms with Gasteiger partial charge in [-0.2, -0.15) is 0 Å². The molecule has 1 heterocycles. The molecule has 0 fully saturated rings. The van der Waals surface area contributed by atoms with Gasteiger partial charge in [0.1, 0.15) is 5.69 Å². The topological polar surface area (TPSA) is 37.6 Å². The predicted octanol–water partition coefficient (Wildman–Crippen LogP) is 6.26. The monoisotopic (exact) mass is 377 g/mol. The van der Waals surface area contributed by atoms with Gasteiger partial charge in [0.25, 0.3) is 0 Å². The van der Waals surface area contributed by atoms with Crippen LogP contribution in [0.25, 0.3) is 0 Å². The maximum absolute atomic E-state index is 13.9. The molecule has 3 rings (SSSR count). The molecule has 3 aromatic rings. The lowest BCUT2D eigenvalue weighted by atomic mass is 10.1. The molecule has 0 aliphatic carbocycles. The molecule has 28 heavy (non-hydrogen) atoms. The molecule has 142 valence electrons. The van der Waals surface area contributed by atoms with E-state index in [1.54, 1.807) is 13.0 Å². The van der Waals surface area contributed by atoms with Gasteiger partial charge in [0.05, 0.1) is 28.5 Å². The molecular formula is C23H21F2N3. The smallest absolute Gasteiger partial charge is 0.151 e. The molecule has 0 atom stereocenters. The van der Waals surface area contributed by atoms with Crippen molar-refractivity contribution in [2.45, 2.75) is 27.7 Å². The van der Waals surface area contributed by atoms with Gasteiger partial charge in [0.2, 0.25) is 0 Å². The van der Waals surface area contributed by atoms with Crippen molar-refractivity contribution in [2.24, 2.45) is 9.98 Å². The Balaban J connectivity index is 1.97. The second-order valence-electron chi connectivity index (χ2n) is 6.66.